The summed E-state index contributed by atoms with van der Waals surface area (Å²) in [4.78, 5) is 18.8. The quantitative estimate of drug-likeness (QED) is 0.679. The number of ether oxygens (including phenoxy) is 1. The molecule has 0 aliphatic carbocycles. The zero-order valence-electron chi connectivity index (χ0n) is 8.64. The Morgan fingerprint density at radius 1 is 1.73 bits per heavy atom. The molecule has 0 radical (unpaired) electrons. The molecule has 0 aromatic carbocycles. The van der Waals surface area contributed by atoms with Crippen molar-refractivity contribution in [1.82, 2.24) is 19.9 Å². The lowest BCUT2D eigenvalue weighted by molar-refractivity contribution is -0.0639. The van der Waals surface area contributed by atoms with Crippen LogP contribution < -0.4 is 11.0 Å². The lowest BCUT2D eigenvalue weighted by Gasteiger charge is -2.34. The molecule has 1 aliphatic rings. The summed E-state index contributed by atoms with van der Waals surface area (Å²) < 4.78 is 7.11. The third-order valence-electron chi connectivity index (χ3n) is 2.42. The van der Waals surface area contributed by atoms with Crippen molar-refractivity contribution >= 4 is 0 Å². The van der Waals surface area contributed by atoms with Crippen LogP contribution in [-0.4, -0.2) is 39.8 Å². The Bertz CT molecular complexity index is 384. The summed E-state index contributed by atoms with van der Waals surface area (Å²) in [5.74, 6) is 0. The first-order chi connectivity index (χ1) is 7.20. The highest BCUT2D eigenvalue weighted by Gasteiger charge is 2.28. The topological polar surface area (TPSA) is 69.0 Å². The molecule has 1 unspecified atom stereocenters. The van der Waals surface area contributed by atoms with Gasteiger partial charge in [0.15, 0.2) is 0 Å². The van der Waals surface area contributed by atoms with Gasteiger partial charge < -0.3 is 10.1 Å². The lowest BCUT2D eigenvalue weighted by Crippen LogP contribution is -2.51. The van der Waals surface area contributed by atoms with Gasteiger partial charge in [-0.2, -0.15) is 4.98 Å². The standard InChI is InChI=1S/C9H14N4O2/c1-9(4-10-2-3-15-9)5-13-7-11-6-12-8(13)14/h6-7,10H,2-5H2,1H3. The van der Waals surface area contributed by atoms with Gasteiger partial charge in [-0.1, -0.05) is 0 Å². The molecule has 6 nitrogen and oxygen atoms in total. The maximum absolute atomic E-state index is 11.4. The highest BCUT2D eigenvalue weighted by atomic mass is 16.5. The van der Waals surface area contributed by atoms with E-state index in [1.807, 2.05) is 6.92 Å². The van der Waals surface area contributed by atoms with Gasteiger partial charge in [0.05, 0.1) is 18.8 Å². The summed E-state index contributed by atoms with van der Waals surface area (Å²) in [7, 11) is 0. The van der Waals surface area contributed by atoms with E-state index in [1.54, 1.807) is 0 Å². The first kappa shape index (κ1) is 10.3. The SMILES string of the molecule is CC1(Cn2cncnc2=O)CNCCO1. The van der Waals surface area contributed by atoms with Gasteiger partial charge >= 0.3 is 5.69 Å². The molecule has 1 fully saturated rings. The van der Waals surface area contributed by atoms with Crippen LogP contribution in [0.15, 0.2) is 17.4 Å². The van der Waals surface area contributed by atoms with Crippen molar-refractivity contribution in [2.45, 2.75) is 19.1 Å². The van der Waals surface area contributed by atoms with Gasteiger partial charge in [-0.05, 0) is 6.92 Å². The largest absolute Gasteiger partial charge is 0.371 e. The average Bonchev–Trinajstić information content (AvgIpc) is 2.22. The number of aromatic nitrogens is 3. The van der Waals surface area contributed by atoms with Crippen LogP contribution in [0.2, 0.25) is 0 Å². The maximum Gasteiger partial charge on any atom is 0.350 e. The summed E-state index contributed by atoms with van der Waals surface area (Å²) in [6.45, 7) is 4.70. The van der Waals surface area contributed by atoms with Crippen molar-refractivity contribution in [3.8, 4) is 0 Å². The van der Waals surface area contributed by atoms with E-state index < -0.39 is 0 Å². The predicted octanol–water partition coefficient (Wildman–Crippen LogP) is -0.983. The van der Waals surface area contributed by atoms with Gasteiger partial charge in [-0.15, -0.1) is 0 Å². The zero-order chi connectivity index (χ0) is 10.7. The van der Waals surface area contributed by atoms with Crippen LogP contribution in [0.1, 0.15) is 6.92 Å². The Morgan fingerprint density at radius 2 is 2.60 bits per heavy atom. The lowest BCUT2D eigenvalue weighted by atomic mass is 10.1. The molecule has 82 valence electrons. The number of nitrogens with zero attached hydrogens (tertiary/aromatic N) is 3. The van der Waals surface area contributed by atoms with E-state index in [2.05, 4.69) is 15.3 Å². The van der Waals surface area contributed by atoms with Crippen molar-refractivity contribution in [3.63, 3.8) is 0 Å². The Labute approximate surface area is 87.3 Å². The molecule has 1 atom stereocenters. The summed E-state index contributed by atoms with van der Waals surface area (Å²) in [6, 6.07) is 0. The zero-order valence-corrected chi connectivity index (χ0v) is 8.64. The number of hydrogen-bond donors (Lipinski definition) is 1. The Hall–Kier alpha value is -1.27. The van der Waals surface area contributed by atoms with Gasteiger partial charge in [0, 0.05) is 13.1 Å². The fourth-order valence-corrected chi connectivity index (χ4v) is 1.66. The molecule has 0 saturated carbocycles. The Morgan fingerprint density at radius 3 is 3.27 bits per heavy atom. The van der Waals surface area contributed by atoms with E-state index in [-0.39, 0.29) is 11.3 Å². The molecule has 1 saturated heterocycles. The second-order valence-corrected chi connectivity index (χ2v) is 3.89. The van der Waals surface area contributed by atoms with Crippen molar-refractivity contribution in [2.75, 3.05) is 19.7 Å². The van der Waals surface area contributed by atoms with Crippen LogP contribution in [0.5, 0.6) is 0 Å². The Kier molecular flexibility index (Phi) is 2.79. The second kappa shape index (κ2) is 4.08. The van der Waals surface area contributed by atoms with Crippen molar-refractivity contribution < 1.29 is 4.74 Å². The maximum atomic E-state index is 11.4. The van der Waals surface area contributed by atoms with Crippen LogP contribution in [0, 0.1) is 0 Å². The van der Waals surface area contributed by atoms with Crippen LogP contribution in [-0.2, 0) is 11.3 Å². The molecule has 6 heteroatoms. The van der Waals surface area contributed by atoms with Crippen LogP contribution in [0.25, 0.3) is 0 Å². The third-order valence-corrected chi connectivity index (χ3v) is 2.42. The van der Waals surface area contributed by atoms with Gasteiger partial charge in [0.2, 0.25) is 0 Å². The van der Waals surface area contributed by atoms with Crippen molar-refractivity contribution in [3.05, 3.63) is 23.1 Å². The molecule has 0 bridgehead atoms. The summed E-state index contributed by atoms with van der Waals surface area (Å²) in [5.41, 5.74) is -0.646. The van der Waals surface area contributed by atoms with Gasteiger partial charge in [0.25, 0.3) is 0 Å². The molecular formula is C9H14N4O2. The second-order valence-electron chi connectivity index (χ2n) is 3.89. The molecule has 2 rings (SSSR count). The normalized spacial score (nSPS) is 26.5. The molecule has 1 aliphatic heterocycles. The molecule has 0 spiro atoms. The predicted molar refractivity (Wildman–Crippen MR) is 53.5 cm³/mol. The highest BCUT2D eigenvalue weighted by molar-refractivity contribution is 4.83. The van der Waals surface area contributed by atoms with E-state index >= 15 is 0 Å². The summed E-state index contributed by atoms with van der Waals surface area (Å²) in [5, 5.41) is 3.23. The van der Waals surface area contributed by atoms with Gasteiger partial charge in [0.1, 0.15) is 12.7 Å². The number of hydrogen-bond acceptors (Lipinski definition) is 5. The first-order valence-electron chi connectivity index (χ1n) is 4.91. The molecule has 1 aromatic rings. The van der Waals surface area contributed by atoms with E-state index in [9.17, 15) is 4.79 Å². The van der Waals surface area contributed by atoms with Crippen LogP contribution in [0.4, 0.5) is 0 Å². The molecule has 1 aromatic heterocycles. The van der Waals surface area contributed by atoms with Crippen LogP contribution >= 0.6 is 0 Å². The number of nitrogens with one attached hydrogen (secondary N) is 1. The molecular weight excluding hydrogens is 196 g/mol. The first-order valence-corrected chi connectivity index (χ1v) is 4.91. The number of rotatable bonds is 2. The average molecular weight is 210 g/mol. The van der Waals surface area contributed by atoms with Crippen LogP contribution in [0.3, 0.4) is 0 Å². The summed E-state index contributed by atoms with van der Waals surface area (Å²) in [6.07, 6.45) is 2.74. The molecule has 0 amide bonds. The van der Waals surface area contributed by atoms with Crippen molar-refractivity contribution in [2.24, 2.45) is 0 Å². The fourth-order valence-electron chi connectivity index (χ4n) is 1.66. The number of morpholine rings is 1. The minimum atomic E-state index is -0.354. The molecule has 2 heterocycles. The summed E-state index contributed by atoms with van der Waals surface area (Å²) >= 11 is 0. The van der Waals surface area contributed by atoms with E-state index in [0.29, 0.717) is 13.2 Å². The third kappa shape index (κ3) is 2.40. The van der Waals surface area contributed by atoms with E-state index in [0.717, 1.165) is 13.1 Å². The minimum Gasteiger partial charge on any atom is -0.371 e. The van der Waals surface area contributed by atoms with E-state index in [1.165, 1.54) is 17.2 Å². The van der Waals surface area contributed by atoms with Gasteiger partial charge in [-0.25, -0.2) is 9.78 Å². The monoisotopic (exact) mass is 210 g/mol. The van der Waals surface area contributed by atoms with Gasteiger partial charge in [-0.3, -0.25) is 4.57 Å². The van der Waals surface area contributed by atoms with E-state index in [4.69, 9.17) is 4.74 Å². The smallest absolute Gasteiger partial charge is 0.350 e. The Balaban J connectivity index is 2.14. The highest BCUT2D eigenvalue weighted by Crippen LogP contribution is 2.13. The fraction of sp³-hybridized carbons (Fsp3) is 0.667. The van der Waals surface area contributed by atoms with Crippen molar-refractivity contribution in [1.29, 1.82) is 0 Å². The molecule has 1 N–H and O–H groups in total. The molecule has 15 heavy (non-hydrogen) atoms. The minimum absolute atomic E-state index is 0.291.